The van der Waals surface area contributed by atoms with Crippen LogP contribution in [0.15, 0.2) is 0 Å². The largest absolute Gasteiger partial charge is 0.289 e. The zero-order valence-electron chi connectivity index (χ0n) is 6.92. The molecule has 0 N–H and O–H groups in total. The predicted octanol–water partition coefficient (Wildman–Crippen LogP) is 1.49. The Morgan fingerprint density at radius 1 is 1.27 bits per heavy atom. The van der Waals surface area contributed by atoms with Crippen molar-refractivity contribution in [2.75, 3.05) is 13.1 Å². The Hall–Kier alpha value is -0.480. The lowest BCUT2D eigenvalue weighted by Gasteiger charge is -2.44. The molecule has 0 unspecified atom stereocenters. The van der Waals surface area contributed by atoms with Crippen molar-refractivity contribution in [3.8, 4) is 12.3 Å². The summed E-state index contributed by atoms with van der Waals surface area (Å²) in [5, 5.41) is 0. The molecule has 3 aliphatic rings. The molecule has 2 saturated heterocycles. The molecule has 60 valence electrons. The van der Waals surface area contributed by atoms with Crippen LogP contribution in [0, 0.1) is 18.3 Å². The lowest BCUT2D eigenvalue weighted by molar-refractivity contribution is 0.0612. The fourth-order valence-corrected chi connectivity index (χ4v) is 2.48. The van der Waals surface area contributed by atoms with E-state index in [4.69, 9.17) is 6.42 Å². The Balaban J connectivity index is 1.98. The van der Waals surface area contributed by atoms with E-state index in [1.165, 1.54) is 32.2 Å². The number of nitrogens with zero attached hydrogens (tertiary/aromatic N) is 1. The maximum Gasteiger partial charge on any atom is 0.0601 e. The van der Waals surface area contributed by atoms with Crippen molar-refractivity contribution in [3.63, 3.8) is 0 Å². The van der Waals surface area contributed by atoms with Crippen LogP contribution >= 0.6 is 0 Å². The molecule has 0 aromatic rings. The molecule has 1 nitrogen and oxygen atoms in total. The van der Waals surface area contributed by atoms with E-state index in [-0.39, 0.29) is 0 Å². The first-order valence-electron chi connectivity index (χ1n) is 4.57. The molecule has 0 atom stereocenters. The standard InChI is InChI=1S/C10H15N/c1-2-7-11-8-9-3-5-10(11)6-4-9/h1,9-10H,3-8H2. The molecule has 2 heterocycles. The zero-order chi connectivity index (χ0) is 7.68. The number of hydrogen-bond donors (Lipinski definition) is 0. The topological polar surface area (TPSA) is 3.24 Å². The van der Waals surface area contributed by atoms with Gasteiger partial charge >= 0.3 is 0 Å². The average Bonchev–Trinajstić information content (AvgIpc) is 2.07. The molecule has 0 radical (unpaired) electrons. The minimum atomic E-state index is 0.830. The quantitative estimate of drug-likeness (QED) is 0.511. The highest BCUT2D eigenvalue weighted by molar-refractivity contribution is 4.95. The smallest absolute Gasteiger partial charge is 0.0601 e. The molecule has 1 aliphatic carbocycles. The van der Waals surface area contributed by atoms with Gasteiger partial charge in [-0.2, -0.15) is 0 Å². The third-order valence-corrected chi connectivity index (χ3v) is 3.12. The Labute approximate surface area is 68.8 Å². The van der Waals surface area contributed by atoms with Crippen molar-refractivity contribution in [2.24, 2.45) is 5.92 Å². The van der Waals surface area contributed by atoms with E-state index in [2.05, 4.69) is 10.8 Å². The average molecular weight is 149 g/mol. The predicted molar refractivity (Wildman–Crippen MR) is 46.2 cm³/mol. The van der Waals surface area contributed by atoms with Crippen molar-refractivity contribution in [2.45, 2.75) is 31.7 Å². The van der Waals surface area contributed by atoms with Gasteiger partial charge < -0.3 is 0 Å². The first-order chi connectivity index (χ1) is 5.40. The van der Waals surface area contributed by atoms with E-state index < -0.39 is 0 Å². The molecular weight excluding hydrogens is 134 g/mol. The Morgan fingerprint density at radius 2 is 2.00 bits per heavy atom. The van der Waals surface area contributed by atoms with Crippen LogP contribution < -0.4 is 0 Å². The minimum absolute atomic E-state index is 0.830. The number of piperidine rings is 2. The first-order valence-corrected chi connectivity index (χ1v) is 4.57. The maximum atomic E-state index is 5.30. The summed E-state index contributed by atoms with van der Waals surface area (Å²) in [4.78, 5) is 2.48. The molecule has 11 heavy (non-hydrogen) atoms. The van der Waals surface area contributed by atoms with E-state index in [0.29, 0.717) is 0 Å². The molecule has 3 fully saturated rings. The second-order valence-corrected chi connectivity index (χ2v) is 3.81. The van der Waals surface area contributed by atoms with Gasteiger partial charge in [0.25, 0.3) is 0 Å². The first kappa shape index (κ1) is 7.18. The summed E-state index contributed by atoms with van der Waals surface area (Å²) in [6, 6.07) is 0.830. The summed E-state index contributed by atoms with van der Waals surface area (Å²) < 4.78 is 0. The molecule has 2 aliphatic heterocycles. The Morgan fingerprint density at radius 3 is 2.45 bits per heavy atom. The Kier molecular flexibility index (Phi) is 1.87. The van der Waals surface area contributed by atoms with Gasteiger partial charge in [0.2, 0.25) is 0 Å². The number of fused-ring (bicyclic) bond motifs is 3. The van der Waals surface area contributed by atoms with Crippen LogP contribution in [-0.2, 0) is 0 Å². The molecular formula is C10H15N. The normalized spacial score (nSPS) is 37.0. The van der Waals surface area contributed by atoms with E-state index in [9.17, 15) is 0 Å². The summed E-state index contributed by atoms with van der Waals surface area (Å²) in [6.45, 7) is 2.15. The molecule has 0 amide bonds. The zero-order valence-corrected chi connectivity index (χ0v) is 6.92. The van der Waals surface area contributed by atoms with Gasteiger partial charge in [-0.25, -0.2) is 0 Å². The number of hydrogen-bond acceptors (Lipinski definition) is 1. The van der Waals surface area contributed by atoms with Crippen LogP contribution in [0.25, 0.3) is 0 Å². The third-order valence-electron chi connectivity index (χ3n) is 3.12. The summed E-state index contributed by atoms with van der Waals surface area (Å²) in [7, 11) is 0. The van der Waals surface area contributed by atoms with Gasteiger partial charge in [-0.1, -0.05) is 5.92 Å². The monoisotopic (exact) mass is 149 g/mol. The summed E-state index contributed by atoms with van der Waals surface area (Å²) in [5.74, 6) is 3.71. The van der Waals surface area contributed by atoms with Crippen LogP contribution in [-0.4, -0.2) is 24.0 Å². The van der Waals surface area contributed by atoms with E-state index >= 15 is 0 Å². The number of terminal acetylenes is 1. The highest BCUT2D eigenvalue weighted by Gasteiger charge is 2.32. The summed E-state index contributed by atoms with van der Waals surface area (Å²) in [5.41, 5.74) is 0. The second-order valence-electron chi connectivity index (χ2n) is 3.81. The molecule has 1 heteroatoms. The highest BCUT2D eigenvalue weighted by Crippen LogP contribution is 2.34. The third kappa shape index (κ3) is 1.28. The highest BCUT2D eigenvalue weighted by atomic mass is 15.2. The maximum absolute atomic E-state index is 5.30. The molecule has 1 saturated carbocycles. The second kappa shape index (κ2) is 2.87. The van der Waals surface area contributed by atoms with Crippen molar-refractivity contribution >= 4 is 0 Å². The molecule has 3 rings (SSSR count). The van der Waals surface area contributed by atoms with E-state index in [1.807, 2.05) is 0 Å². The van der Waals surface area contributed by atoms with Crippen LogP contribution in [0.3, 0.4) is 0 Å². The van der Waals surface area contributed by atoms with Crippen molar-refractivity contribution in [3.05, 3.63) is 0 Å². The summed E-state index contributed by atoms with van der Waals surface area (Å²) >= 11 is 0. The van der Waals surface area contributed by atoms with Crippen molar-refractivity contribution in [1.82, 2.24) is 4.90 Å². The SMILES string of the molecule is C#CCN1CC2CCC1CC2. The molecule has 0 aromatic heterocycles. The van der Waals surface area contributed by atoms with E-state index in [0.717, 1.165) is 18.5 Å². The minimum Gasteiger partial charge on any atom is -0.289 e. The Bertz CT molecular complexity index is 172. The fraction of sp³-hybridized carbons (Fsp3) is 0.800. The van der Waals surface area contributed by atoms with Gasteiger partial charge in [-0.15, -0.1) is 6.42 Å². The lowest BCUT2D eigenvalue weighted by Crippen LogP contribution is -2.47. The van der Waals surface area contributed by atoms with Crippen LogP contribution in [0.2, 0.25) is 0 Å². The number of rotatable bonds is 1. The lowest BCUT2D eigenvalue weighted by atomic mass is 9.80. The molecule has 2 bridgehead atoms. The van der Waals surface area contributed by atoms with Gasteiger partial charge in [0, 0.05) is 12.6 Å². The van der Waals surface area contributed by atoms with Crippen LogP contribution in [0.1, 0.15) is 25.7 Å². The molecule has 0 spiro atoms. The van der Waals surface area contributed by atoms with Gasteiger partial charge in [0.1, 0.15) is 0 Å². The van der Waals surface area contributed by atoms with E-state index in [1.54, 1.807) is 0 Å². The van der Waals surface area contributed by atoms with Crippen LogP contribution in [0.5, 0.6) is 0 Å². The van der Waals surface area contributed by atoms with Gasteiger partial charge in [0.15, 0.2) is 0 Å². The molecule has 0 aromatic carbocycles. The van der Waals surface area contributed by atoms with Crippen molar-refractivity contribution < 1.29 is 0 Å². The van der Waals surface area contributed by atoms with Gasteiger partial charge in [0.05, 0.1) is 6.54 Å². The van der Waals surface area contributed by atoms with Gasteiger partial charge in [-0.3, -0.25) is 4.90 Å². The summed E-state index contributed by atoms with van der Waals surface area (Å²) in [6.07, 6.45) is 11.0. The fourth-order valence-electron chi connectivity index (χ4n) is 2.48. The van der Waals surface area contributed by atoms with Gasteiger partial charge in [-0.05, 0) is 31.6 Å². The van der Waals surface area contributed by atoms with Crippen molar-refractivity contribution in [1.29, 1.82) is 0 Å². The van der Waals surface area contributed by atoms with Crippen LogP contribution in [0.4, 0.5) is 0 Å².